The maximum atomic E-state index is 5.96. The molecule has 2 aliphatic heterocycles. The zero-order valence-corrected chi connectivity index (χ0v) is 13.7. The van der Waals surface area contributed by atoms with Gasteiger partial charge in [-0.2, -0.15) is 0 Å². The highest BCUT2D eigenvalue weighted by atomic mass is 79.9. The Hall–Kier alpha value is -0.860. The molecular formula is C14H21BrN4O2. The monoisotopic (exact) mass is 356 g/mol. The van der Waals surface area contributed by atoms with E-state index >= 15 is 0 Å². The molecule has 0 radical (unpaired) electrons. The van der Waals surface area contributed by atoms with Crippen LogP contribution in [0.3, 0.4) is 0 Å². The van der Waals surface area contributed by atoms with Crippen molar-refractivity contribution in [3.8, 4) is 11.5 Å². The molecule has 1 atom stereocenters. The van der Waals surface area contributed by atoms with Crippen LogP contribution in [0.5, 0.6) is 11.5 Å². The largest absolute Gasteiger partial charge is 0.454 e. The molecule has 6 nitrogen and oxygen atoms in total. The fraction of sp³-hybridized carbons (Fsp3) is 0.571. The van der Waals surface area contributed by atoms with Crippen LogP contribution in [-0.4, -0.2) is 56.5 Å². The number of piperazine rings is 1. The average molecular weight is 357 g/mol. The van der Waals surface area contributed by atoms with Crippen LogP contribution in [0.2, 0.25) is 0 Å². The Kier molecular flexibility index (Phi) is 4.66. The molecule has 2 heterocycles. The van der Waals surface area contributed by atoms with Crippen LogP contribution in [-0.2, 0) is 0 Å². The quantitative estimate of drug-likeness (QED) is 0.836. The number of benzene rings is 1. The van der Waals surface area contributed by atoms with E-state index in [0.717, 1.165) is 47.7 Å². The molecule has 1 saturated heterocycles. The summed E-state index contributed by atoms with van der Waals surface area (Å²) in [6.07, 6.45) is 0. The van der Waals surface area contributed by atoms with E-state index in [1.54, 1.807) is 0 Å². The first-order valence-electron chi connectivity index (χ1n) is 7.16. The summed E-state index contributed by atoms with van der Waals surface area (Å²) in [4.78, 5) is 2.33. The maximum Gasteiger partial charge on any atom is 0.231 e. The van der Waals surface area contributed by atoms with E-state index < -0.39 is 0 Å². The number of ether oxygens (including phenoxy) is 2. The van der Waals surface area contributed by atoms with Gasteiger partial charge in [0.25, 0.3) is 0 Å². The van der Waals surface area contributed by atoms with E-state index in [4.69, 9.17) is 15.2 Å². The Morgan fingerprint density at radius 3 is 2.76 bits per heavy atom. The molecule has 21 heavy (non-hydrogen) atoms. The molecule has 116 valence electrons. The van der Waals surface area contributed by atoms with Crippen LogP contribution in [0.4, 0.5) is 0 Å². The van der Waals surface area contributed by atoms with Gasteiger partial charge in [0.2, 0.25) is 6.79 Å². The second-order valence-electron chi connectivity index (χ2n) is 5.44. The third-order valence-corrected chi connectivity index (χ3v) is 4.52. The fourth-order valence-electron chi connectivity index (χ4n) is 2.61. The van der Waals surface area contributed by atoms with Gasteiger partial charge in [-0.1, -0.05) is 0 Å². The second-order valence-corrected chi connectivity index (χ2v) is 6.30. The van der Waals surface area contributed by atoms with Crippen molar-refractivity contribution in [2.75, 3.05) is 46.6 Å². The lowest BCUT2D eigenvalue weighted by Gasteiger charge is -2.35. The smallest absolute Gasteiger partial charge is 0.231 e. The third kappa shape index (κ3) is 3.32. The number of nitrogens with zero attached hydrogens (tertiary/aromatic N) is 2. The Morgan fingerprint density at radius 2 is 2.05 bits per heavy atom. The predicted molar refractivity (Wildman–Crippen MR) is 84.3 cm³/mol. The summed E-state index contributed by atoms with van der Waals surface area (Å²) in [5.41, 5.74) is 10.6. The minimum atomic E-state index is 0.0687. The Labute approximate surface area is 133 Å². The molecule has 1 unspecified atom stereocenters. The minimum Gasteiger partial charge on any atom is -0.454 e. The lowest BCUT2D eigenvalue weighted by atomic mass is 10.1. The van der Waals surface area contributed by atoms with Gasteiger partial charge in [0, 0.05) is 32.7 Å². The Bertz CT molecular complexity index is 506. The molecule has 0 amide bonds. The molecule has 0 aliphatic carbocycles. The van der Waals surface area contributed by atoms with Crippen LogP contribution in [0.15, 0.2) is 16.6 Å². The minimum absolute atomic E-state index is 0.0687. The third-order valence-electron chi connectivity index (χ3n) is 3.93. The topological polar surface area (TPSA) is 63.0 Å². The fourth-order valence-corrected chi connectivity index (χ4v) is 3.18. The highest BCUT2D eigenvalue weighted by molar-refractivity contribution is 9.10. The molecule has 0 spiro atoms. The molecule has 2 aliphatic rings. The normalized spacial score (nSPS) is 20.7. The van der Waals surface area contributed by atoms with Crippen LogP contribution >= 0.6 is 15.9 Å². The number of hydrazine groups is 1. The van der Waals surface area contributed by atoms with Gasteiger partial charge in [0.1, 0.15) is 0 Å². The number of nitrogens with one attached hydrogen (secondary N) is 1. The molecule has 1 aromatic rings. The first-order chi connectivity index (χ1) is 10.2. The molecule has 1 fully saturated rings. The molecule has 0 saturated carbocycles. The van der Waals surface area contributed by atoms with Crippen molar-refractivity contribution in [2.45, 2.75) is 6.04 Å². The van der Waals surface area contributed by atoms with Gasteiger partial charge in [0.05, 0.1) is 10.5 Å². The van der Waals surface area contributed by atoms with Crippen LogP contribution in [0, 0.1) is 0 Å². The lowest BCUT2D eigenvalue weighted by Crippen LogP contribution is -2.52. The number of hydrogen-bond acceptors (Lipinski definition) is 6. The van der Waals surface area contributed by atoms with Crippen molar-refractivity contribution in [1.82, 2.24) is 15.3 Å². The van der Waals surface area contributed by atoms with Gasteiger partial charge in [-0.3, -0.25) is 0 Å². The van der Waals surface area contributed by atoms with Gasteiger partial charge < -0.3 is 20.1 Å². The van der Waals surface area contributed by atoms with Gasteiger partial charge >= 0.3 is 0 Å². The van der Waals surface area contributed by atoms with E-state index in [0.29, 0.717) is 6.54 Å². The van der Waals surface area contributed by atoms with E-state index in [1.807, 2.05) is 12.1 Å². The molecule has 3 N–H and O–H groups in total. The van der Waals surface area contributed by atoms with E-state index in [-0.39, 0.29) is 12.8 Å². The molecular weight excluding hydrogens is 336 g/mol. The van der Waals surface area contributed by atoms with Crippen molar-refractivity contribution < 1.29 is 9.47 Å². The van der Waals surface area contributed by atoms with E-state index in [1.165, 1.54) is 0 Å². The van der Waals surface area contributed by atoms with Crippen LogP contribution in [0.25, 0.3) is 0 Å². The molecule has 7 heteroatoms. The second kappa shape index (κ2) is 6.50. The van der Waals surface area contributed by atoms with Crippen molar-refractivity contribution in [3.05, 3.63) is 22.2 Å². The SMILES string of the molecule is CN1CCN(NC(CN)c2cc(Br)c3c(c2)OCO3)CC1. The molecule has 0 aromatic heterocycles. The summed E-state index contributed by atoms with van der Waals surface area (Å²) in [6, 6.07) is 4.13. The van der Waals surface area contributed by atoms with Crippen molar-refractivity contribution in [1.29, 1.82) is 0 Å². The van der Waals surface area contributed by atoms with Gasteiger partial charge in [0.15, 0.2) is 11.5 Å². The lowest BCUT2D eigenvalue weighted by molar-refractivity contribution is 0.0879. The van der Waals surface area contributed by atoms with Gasteiger partial charge in [-0.25, -0.2) is 10.4 Å². The highest BCUT2D eigenvalue weighted by Crippen LogP contribution is 2.41. The average Bonchev–Trinajstić information content (AvgIpc) is 2.95. The van der Waals surface area contributed by atoms with E-state index in [2.05, 4.69) is 38.3 Å². The predicted octanol–water partition coefficient (Wildman–Crippen LogP) is 0.930. The maximum absolute atomic E-state index is 5.96. The molecule has 1 aromatic carbocycles. The van der Waals surface area contributed by atoms with Crippen LogP contribution in [0.1, 0.15) is 11.6 Å². The summed E-state index contributed by atoms with van der Waals surface area (Å²) in [7, 11) is 2.15. The number of rotatable bonds is 4. The summed E-state index contributed by atoms with van der Waals surface area (Å²) < 4.78 is 11.8. The number of likely N-dealkylation sites (N-methyl/N-ethyl adjacent to an activating group) is 1. The van der Waals surface area contributed by atoms with Crippen molar-refractivity contribution >= 4 is 15.9 Å². The van der Waals surface area contributed by atoms with Crippen molar-refractivity contribution in [2.24, 2.45) is 5.73 Å². The zero-order chi connectivity index (χ0) is 14.8. The standard InChI is InChI=1S/C14H21BrN4O2/c1-18-2-4-19(5-3-18)17-12(8-16)10-6-11(15)14-13(7-10)20-9-21-14/h6-7,12,17H,2-5,8-9,16H2,1H3. The van der Waals surface area contributed by atoms with E-state index in [9.17, 15) is 0 Å². The molecule has 0 bridgehead atoms. The number of fused-ring (bicyclic) bond motifs is 1. The summed E-state index contributed by atoms with van der Waals surface area (Å²) in [5, 5.41) is 2.25. The first kappa shape index (κ1) is 15.1. The summed E-state index contributed by atoms with van der Waals surface area (Å²) in [5.74, 6) is 1.55. The van der Waals surface area contributed by atoms with Gasteiger partial charge in [-0.15, -0.1) is 0 Å². The highest BCUT2D eigenvalue weighted by Gasteiger charge is 2.23. The first-order valence-corrected chi connectivity index (χ1v) is 7.95. The number of halogens is 1. The van der Waals surface area contributed by atoms with Crippen molar-refractivity contribution in [3.63, 3.8) is 0 Å². The Balaban J connectivity index is 1.73. The van der Waals surface area contributed by atoms with Crippen LogP contribution < -0.4 is 20.6 Å². The Morgan fingerprint density at radius 1 is 1.29 bits per heavy atom. The zero-order valence-electron chi connectivity index (χ0n) is 12.1. The number of hydrogen-bond donors (Lipinski definition) is 2. The van der Waals surface area contributed by atoms with Gasteiger partial charge in [-0.05, 0) is 40.7 Å². The summed E-state index contributed by atoms with van der Waals surface area (Å²) >= 11 is 3.53. The molecule has 3 rings (SSSR count). The summed E-state index contributed by atoms with van der Waals surface area (Å²) in [6.45, 7) is 4.93. The number of nitrogens with two attached hydrogens (primary N) is 1.